The lowest BCUT2D eigenvalue weighted by Crippen LogP contribution is -2.35. The Bertz CT molecular complexity index is 785. The van der Waals surface area contributed by atoms with Gasteiger partial charge in [-0.2, -0.15) is 0 Å². The summed E-state index contributed by atoms with van der Waals surface area (Å²) in [6, 6.07) is 21.3. The average Bonchev–Trinajstić information content (AvgIpc) is 3.04. The van der Waals surface area contributed by atoms with Gasteiger partial charge in [-0.1, -0.05) is 53.7 Å². The van der Waals surface area contributed by atoms with Gasteiger partial charge in [0.1, 0.15) is 5.76 Å². The number of para-hydroxylation sites is 1. The number of benzene rings is 2. The molecule has 0 bridgehead atoms. The highest BCUT2D eigenvalue weighted by Crippen LogP contribution is 2.17. The smallest absolute Gasteiger partial charge is 0.246 e. The fourth-order valence-corrected chi connectivity index (χ4v) is 2.41. The number of nitrogens with one attached hydrogen (secondary N) is 1. The van der Waals surface area contributed by atoms with E-state index in [0.717, 1.165) is 11.3 Å². The summed E-state index contributed by atoms with van der Waals surface area (Å²) < 4.78 is 5.00. The van der Waals surface area contributed by atoms with Crippen LogP contribution in [0.3, 0.4) is 0 Å². The zero-order chi connectivity index (χ0) is 16.8. The number of nitrogens with zero attached hydrogens (tertiary/aromatic N) is 2. The predicted molar refractivity (Wildman–Crippen MR) is 93.8 cm³/mol. The molecule has 0 unspecified atom stereocenters. The average molecular weight is 321 g/mol. The summed E-state index contributed by atoms with van der Waals surface area (Å²) in [6.07, 6.45) is 0. The number of aromatic nitrogens is 1. The van der Waals surface area contributed by atoms with E-state index in [4.69, 9.17) is 4.52 Å². The Hall–Kier alpha value is -3.08. The lowest BCUT2D eigenvalue weighted by Gasteiger charge is -2.23. The van der Waals surface area contributed by atoms with Gasteiger partial charge < -0.3 is 14.7 Å². The van der Waals surface area contributed by atoms with Crippen molar-refractivity contribution in [2.45, 2.75) is 13.5 Å². The zero-order valence-corrected chi connectivity index (χ0v) is 13.5. The maximum atomic E-state index is 12.7. The molecule has 5 heteroatoms. The van der Waals surface area contributed by atoms with Gasteiger partial charge in [0, 0.05) is 11.8 Å². The first-order valence-electron chi connectivity index (χ1n) is 7.79. The van der Waals surface area contributed by atoms with Gasteiger partial charge in [0.2, 0.25) is 5.91 Å². The van der Waals surface area contributed by atoms with Gasteiger partial charge in [-0.3, -0.25) is 4.79 Å². The highest BCUT2D eigenvalue weighted by Gasteiger charge is 2.16. The summed E-state index contributed by atoms with van der Waals surface area (Å²) in [5.74, 6) is 1.23. The molecule has 0 radical (unpaired) electrons. The molecule has 1 amide bonds. The number of amides is 1. The predicted octanol–water partition coefficient (Wildman–Crippen LogP) is 3.63. The molecule has 0 aliphatic heterocycles. The van der Waals surface area contributed by atoms with Crippen molar-refractivity contribution in [2.75, 3.05) is 16.8 Å². The Balaban J connectivity index is 1.74. The molecule has 0 aliphatic carbocycles. The Morgan fingerprint density at radius 1 is 1.08 bits per heavy atom. The third-order valence-corrected chi connectivity index (χ3v) is 3.60. The van der Waals surface area contributed by atoms with Crippen LogP contribution in [0.25, 0.3) is 0 Å². The molecule has 122 valence electrons. The number of hydrogen-bond donors (Lipinski definition) is 1. The van der Waals surface area contributed by atoms with E-state index < -0.39 is 0 Å². The minimum atomic E-state index is -0.0364. The monoisotopic (exact) mass is 321 g/mol. The third-order valence-electron chi connectivity index (χ3n) is 3.60. The van der Waals surface area contributed by atoms with Crippen molar-refractivity contribution in [1.82, 2.24) is 5.16 Å². The summed E-state index contributed by atoms with van der Waals surface area (Å²) >= 11 is 0. The van der Waals surface area contributed by atoms with E-state index in [-0.39, 0.29) is 12.5 Å². The van der Waals surface area contributed by atoms with E-state index in [1.165, 1.54) is 0 Å². The molecule has 3 rings (SSSR count). The molecule has 5 nitrogen and oxygen atoms in total. The number of anilines is 2. The molecule has 2 aromatic carbocycles. The van der Waals surface area contributed by atoms with Crippen molar-refractivity contribution >= 4 is 17.4 Å². The third kappa shape index (κ3) is 4.01. The lowest BCUT2D eigenvalue weighted by molar-refractivity contribution is -0.117. The van der Waals surface area contributed by atoms with Crippen LogP contribution in [0.2, 0.25) is 0 Å². The maximum Gasteiger partial charge on any atom is 0.246 e. The SMILES string of the molecule is Cc1cc(NCC(=O)N(Cc2ccccc2)c2ccccc2)no1. The van der Waals surface area contributed by atoms with E-state index in [1.807, 2.05) is 67.6 Å². The molecule has 3 aromatic rings. The highest BCUT2D eigenvalue weighted by molar-refractivity contribution is 5.95. The summed E-state index contributed by atoms with van der Waals surface area (Å²) in [7, 11) is 0. The molecular weight excluding hydrogens is 302 g/mol. The fourth-order valence-electron chi connectivity index (χ4n) is 2.41. The van der Waals surface area contributed by atoms with Crippen LogP contribution in [0.5, 0.6) is 0 Å². The molecule has 1 aromatic heterocycles. The molecule has 0 fully saturated rings. The first-order valence-corrected chi connectivity index (χ1v) is 7.79. The van der Waals surface area contributed by atoms with E-state index in [2.05, 4.69) is 10.5 Å². The van der Waals surface area contributed by atoms with Crippen LogP contribution in [0, 0.1) is 6.92 Å². The summed E-state index contributed by atoms with van der Waals surface area (Å²) in [4.78, 5) is 14.5. The van der Waals surface area contributed by atoms with Crippen LogP contribution < -0.4 is 10.2 Å². The first-order chi connectivity index (χ1) is 11.7. The second-order valence-corrected chi connectivity index (χ2v) is 5.48. The minimum absolute atomic E-state index is 0.0364. The largest absolute Gasteiger partial charge is 0.360 e. The standard InChI is InChI=1S/C19H19N3O2/c1-15-12-18(21-24-15)20-13-19(23)22(17-10-6-3-7-11-17)14-16-8-4-2-5-9-16/h2-12H,13-14H2,1H3,(H,20,21). The van der Waals surface area contributed by atoms with Gasteiger partial charge >= 0.3 is 0 Å². The Morgan fingerprint density at radius 2 is 1.75 bits per heavy atom. The molecule has 0 aliphatic rings. The van der Waals surface area contributed by atoms with Crippen molar-refractivity contribution in [2.24, 2.45) is 0 Å². The molecule has 0 atom stereocenters. The number of carbonyl (C=O) groups is 1. The van der Waals surface area contributed by atoms with E-state index in [0.29, 0.717) is 18.1 Å². The maximum absolute atomic E-state index is 12.7. The zero-order valence-electron chi connectivity index (χ0n) is 13.5. The summed E-state index contributed by atoms with van der Waals surface area (Å²) in [5, 5.41) is 6.85. The van der Waals surface area contributed by atoms with Crippen molar-refractivity contribution in [3.05, 3.63) is 78.1 Å². The second-order valence-electron chi connectivity index (χ2n) is 5.48. The van der Waals surface area contributed by atoms with Crippen molar-refractivity contribution in [3.8, 4) is 0 Å². The molecule has 0 saturated heterocycles. The van der Waals surface area contributed by atoms with Crippen LogP contribution in [-0.2, 0) is 11.3 Å². The van der Waals surface area contributed by atoms with Gasteiger partial charge in [-0.15, -0.1) is 0 Å². The van der Waals surface area contributed by atoms with Gasteiger partial charge in [0.25, 0.3) is 0 Å². The highest BCUT2D eigenvalue weighted by atomic mass is 16.5. The lowest BCUT2D eigenvalue weighted by atomic mass is 10.2. The number of rotatable bonds is 6. The van der Waals surface area contributed by atoms with Crippen LogP contribution in [0.4, 0.5) is 11.5 Å². The summed E-state index contributed by atoms with van der Waals surface area (Å²) in [5.41, 5.74) is 1.94. The van der Waals surface area contributed by atoms with Crippen molar-refractivity contribution < 1.29 is 9.32 Å². The molecule has 0 saturated carbocycles. The van der Waals surface area contributed by atoms with Crippen LogP contribution >= 0.6 is 0 Å². The van der Waals surface area contributed by atoms with Crippen LogP contribution in [0.15, 0.2) is 71.3 Å². The topological polar surface area (TPSA) is 58.4 Å². The van der Waals surface area contributed by atoms with Crippen LogP contribution in [-0.4, -0.2) is 17.6 Å². The Morgan fingerprint density at radius 3 is 2.38 bits per heavy atom. The van der Waals surface area contributed by atoms with E-state index in [9.17, 15) is 4.79 Å². The molecule has 1 heterocycles. The molecule has 1 N–H and O–H groups in total. The minimum Gasteiger partial charge on any atom is -0.360 e. The van der Waals surface area contributed by atoms with Crippen molar-refractivity contribution in [3.63, 3.8) is 0 Å². The Kier molecular flexibility index (Phi) is 4.91. The second kappa shape index (κ2) is 7.46. The van der Waals surface area contributed by atoms with Crippen LogP contribution in [0.1, 0.15) is 11.3 Å². The number of hydrogen-bond acceptors (Lipinski definition) is 4. The molecule has 0 spiro atoms. The van der Waals surface area contributed by atoms with Crippen molar-refractivity contribution in [1.29, 1.82) is 0 Å². The van der Waals surface area contributed by atoms with Gasteiger partial charge in [-0.05, 0) is 24.6 Å². The number of carbonyl (C=O) groups excluding carboxylic acids is 1. The first kappa shape index (κ1) is 15.8. The Labute approximate surface area is 140 Å². The van der Waals surface area contributed by atoms with Gasteiger partial charge in [0.05, 0.1) is 13.1 Å². The normalized spacial score (nSPS) is 10.4. The summed E-state index contributed by atoms with van der Waals surface area (Å²) in [6.45, 7) is 2.47. The quantitative estimate of drug-likeness (QED) is 0.753. The molecular formula is C19H19N3O2. The number of aryl methyl sites for hydroxylation is 1. The van der Waals surface area contributed by atoms with Gasteiger partial charge in [0.15, 0.2) is 5.82 Å². The fraction of sp³-hybridized carbons (Fsp3) is 0.158. The van der Waals surface area contributed by atoms with Gasteiger partial charge in [-0.25, -0.2) is 0 Å². The molecule has 24 heavy (non-hydrogen) atoms. The van der Waals surface area contributed by atoms with E-state index >= 15 is 0 Å². The van der Waals surface area contributed by atoms with E-state index in [1.54, 1.807) is 11.0 Å².